The van der Waals surface area contributed by atoms with E-state index in [4.69, 9.17) is 11.6 Å². The Labute approximate surface area is 236 Å². The molecule has 0 unspecified atom stereocenters. The number of nitrogens with one attached hydrogen (secondary N) is 1. The van der Waals surface area contributed by atoms with Gasteiger partial charge in [-0.1, -0.05) is 61.3 Å². The van der Waals surface area contributed by atoms with Crippen LogP contribution >= 0.6 is 11.6 Å². The maximum absolute atomic E-state index is 13.9. The number of carbonyl (C=O) groups excluding carboxylic acids is 2. The lowest BCUT2D eigenvalue weighted by molar-refractivity contribution is -0.139. The average molecular weight is 570 g/mol. The second-order valence-electron chi connectivity index (χ2n) is 9.56. The molecule has 0 aliphatic carbocycles. The van der Waals surface area contributed by atoms with Crippen molar-refractivity contribution in [3.05, 3.63) is 94.5 Å². The van der Waals surface area contributed by atoms with Gasteiger partial charge in [0.25, 0.3) is 10.0 Å². The van der Waals surface area contributed by atoms with Gasteiger partial charge in [-0.25, -0.2) is 8.42 Å². The highest BCUT2D eigenvalue weighted by Crippen LogP contribution is 2.27. The van der Waals surface area contributed by atoms with Crippen molar-refractivity contribution in [2.75, 3.05) is 17.4 Å². The van der Waals surface area contributed by atoms with Gasteiger partial charge >= 0.3 is 0 Å². The van der Waals surface area contributed by atoms with Gasteiger partial charge in [0, 0.05) is 18.1 Å². The molecule has 208 valence electrons. The van der Waals surface area contributed by atoms with Crippen molar-refractivity contribution in [1.29, 1.82) is 0 Å². The van der Waals surface area contributed by atoms with Crippen molar-refractivity contribution >= 4 is 39.1 Å². The number of hydrogen-bond donors (Lipinski definition) is 1. The molecule has 3 rings (SSSR count). The van der Waals surface area contributed by atoms with Crippen LogP contribution in [-0.4, -0.2) is 44.3 Å². The smallest absolute Gasteiger partial charge is 0.264 e. The maximum Gasteiger partial charge on any atom is 0.264 e. The van der Waals surface area contributed by atoms with E-state index in [1.165, 1.54) is 29.2 Å². The first-order valence-corrected chi connectivity index (χ1v) is 14.8. The molecule has 39 heavy (non-hydrogen) atoms. The van der Waals surface area contributed by atoms with Crippen LogP contribution in [-0.2, 0) is 26.2 Å². The number of rotatable bonds is 12. The summed E-state index contributed by atoms with van der Waals surface area (Å²) < 4.78 is 28.8. The number of aryl methyl sites for hydroxylation is 2. The highest BCUT2D eigenvalue weighted by molar-refractivity contribution is 7.92. The monoisotopic (exact) mass is 569 g/mol. The summed E-state index contributed by atoms with van der Waals surface area (Å²) >= 11 is 6.00. The number of anilines is 1. The molecule has 2 amide bonds. The molecule has 0 bridgehead atoms. The van der Waals surface area contributed by atoms with Crippen LogP contribution in [0, 0.1) is 13.8 Å². The summed E-state index contributed by atoms with van der Waals surface area (Å²) in [6, 6.07) is 19.6. The van der Waals surface area contributed by atoms with Gasteiger partial charge in [-0.3, -0.25) is 13.9 Å². The molecule has 3 aromatic rings. The van der Waals surface area contributed by atoms with E-state index in [1.807, 2.05) is 57.2 Å². The first kappa shape index (κ1) is 30.2. The summed E-state index contributed by atoms with van der Waals surface area (Å²) in [4.78, 5) is 28.3. The Morgan fingerprint density at radius 3 is 2.23 bits per heavy atom. The number of amides is 2. The summed E-state index contributed by atoms with van der Waals surface area (Å²) in [5.74, 6) is -0.779. The fourth-order valence-electron chi connectivity index (χ4n) is 4.04. The molecule has 0 spiro atoms. The predicted octanol–water partition coefficient (Wildman–Crippen LogP) is 5.49. The van der Waals surface area contributed by atoms with Crippen LogP contribution in [0.15, 0.2) is 77.7 Å². The van der Waals surface area contributed by atoms with E-state index in [0.717, 1.165) is 33.8 Å². The zero-order valence-corrected chi connectivity index (χ0v) is 24.4. The van der Waals surface area contributed by atoms with Gasteiger partial charge in [0.05, 0.1) is 10.6 Å². The van der Waals surface area contributed by atoms with Crippen molar-refractivity contribution in [1.82, 2.24) is 10.2 Å². The molecule has 9 heteroatoms. The fraction of sp³-hybridized carbons (Fsp3) is 0.333. The SMILES string of the molecule is CCCCNC(=O)[C@@H](C)N(Cc1ccccc1)C(=O)CN(c1ccc(C)c(C)c1)S(=O)(=O)c1ccc(Cl)cc1. The van der Waals surface area contributed by atoms with E-state index in [2.05, 4.69) is 5.32 Å². The van der Waals surface area contributed by atoms with Gasteiger partial charge in [-0.05, 0) is 80.3 Å². The average Bonchev–Trinajstić information content (AvgIpc) is 2.92. The third kappa shape index (κ3) is 7.83. The zero-order valence-electron chi connectivity index (χ0n) is 22.9. The highest BCUT2D eigenvalue weighted by Gasteiger charge is 2.32. The molecule has 0 aliphatic rings. The van der Waals surface area contributed by atoms with Crippen LogP contribution in [0.3, 0.4) is 0 Å². The second-order valence-corrected chi connectivity index (χ2v) is 11.9. The molecule has 7 nitrogen and oxygen atoms in total. The van der Waals surface area contributed by atoms with Gasteiger partial charge in [-0.15, -0.1) is 0 Å². The van der Waals surface area contributed by atoms with Gasteiger partial charge in [-0.2, -0.15) is 0 Å². The van der Waals surface area contributed by atoms with Gasteiger partial charge < -0.3 is 10.2 Å². The first-order valence-electron chi connectivity index (χ1n) is 13.0. The van der Waals surface area contributed by atoms with Crippen molar-refractivity contribution < 1.29 is 18.0 Å². The number of hydrogen-bond acceptors (Lipinski definition) is 4. The predicted molar refractivity (Wildman–Crippen MR) is 156 cm³/mol. The molecule has 0 fully saturated rings. The molecule has 0 aromatic heterocycles. The number of nitrogens with zero attached hydrogens (tertiary/aromatic N) is 2. The van der Waals surface area contributed by atoms with E-state index in [9.17, 15) is 18.0 Å². The zero-order chi connectivity index (χ0) is 28.6. The highest BCUT2D eigenvalue weighted by atomic mass is 35.5. The first-order chi connectivity index (χ1) is 18.5. The van der Waals surface area contributed by atoms with Crippen molar-refractivity contribution in [3.8, 4) is 0 Å². The lowest BCUT2D eigenvalue weighted by Crippen LogP contribution is -2.51. The summed E-state index contributed by atoms with van der Waals surface area (Å²) in [6.07, 6.45) is 1.75. The number of unbranched alkanes of at least 4 members (excludes halogenated alkanes) is 1. The minimum atomic E-state index is -4.14. The van der Waals surface area contributed by atoms with Crippen LogP contribution in [0.5, 0.6) is 0 Å². The van der Waals surface area contributed by atoms with Gasteiger partial charge in [0.15, 0.2) is 0 Å². The molecule has 1 atom stereocenters. The Bertz CT molecular complexity index is 1380. The van der Waals surface area contributed by atoms with E-state index in [-0.39, 0.29) is 17.3 Å². The summed E-state index contributed by atoms with van der Waals surface area (Å²) in [5.41, 5.74) is 3.08. The maximum atomic E-state index is 13.9. The summed E-state index contributed by atoms with van der Waals surface area (Å²) in [7, 11) is -4.14. The molecule has 0 heterocycles. The molecular weight excluding hydrogens is 534 g/mol. The Balaban J connectivity index is 2.01. The molecule has 3 aromatic carbocycles. The van der Waals surface area contributed by atoms with Crippen molar-refractivity contribution in [3.63, 3.8) is 0 Å². The Morgan fingerprint density at radius 2 is 1.62 bits per heavy atom. The van der Waals surface area contributed by atoms with E-state index >= 15 is 0 Å². The Kier molecular flexibility index (Phi) is 10.5. The largest absolute Gasteiger partial charge is 0.354 e. The normalized spacial score (nSPS) is 12.0. The lowest BCUT2D eigenvalue weighted by atomic mass is 10.1. The number of halogens is 1. The lowest BCUT2D eigenvalue weighted by Gasteiger charge is -2.32. The molecule has 0 saturated carbocycles. The van der Waals surface area contributed by atoms with E-state index in [0.29, 0.717) is 17.3 Å². The van der Waals surface area contributed by atoms with Crippen LogP contribution < -0.4 is 9.62 Å². The van der Waals surface area contributed by atoms with Gasteiger partial charge in [0.1, 0.15) is 12.6 Å². The topological polar surface area (TPSA) is 86.8 Å². The van der Waals surface area contributed by atoms with Gasteiger partial charge in [0.2, 0.25) is 11.8 Å². The van der Waals surface area contributed by atoms with E-state index in [1.54, 1.807) is 19.1 Å². The second kappa shape index (κ2) is 13.6. The third-order valence-electron chi connectivity index (χ3n) is 6.65. The summed E-state index contributed by atoms with van der Waals surface area (Å²) in [5, 5.41) is 3.29. The quantitative estimate of drug-likeness (QED) is 0.292. The summed E-state index contributed by atoms with van der Waals surface area (Å²) in [6.45, 7) is 7.70. The molecular formula is C30H36ClN3O4S. The van der Waals surface area contributed by atoms with Crippen LogP contribution in [0.2, 0.25) is 5.02 Å². The molecule has 0 radical (unpaired) electrons. The molecule has 1 N–H and O–H groups in total. The minimum absolute atomic E-state index is 0.0119. The number of sulfonamides is 1. The Hall–Kier alpha value is -3.36. The molecule has 0 aliphatic heterocycles. The standard InChI is InChI=1S/C30H36ClN3O4S/c1-5-6-18-32-30(36)24(4)33(20-25-10-8-7-9-11-25)29(35)21-34(27-15-12-22(2)23(3)19-27)39(37,38)28-16-13-26(31)14-17-28/h7-17,19,24H,5-6,18,20-21H2,1-4H3,(H,32,36)/t24-/m1/s1. The van der Waals surface area contributed by atoms with Crippen LogP contribution in [0.25, 0.3) is 0 Å². The van der Waals surface area contributed by atoms with Crippen molar-refractivity contribution in [2.24, 2.45) is 0 Å². The number of carbonyl (C=O) groups is 2. The van der Waals surface area contributed by atoms with Crippen LogP contribution in [0.1, 0.15) is 43.4 Å². The fourth-order valence-corrected chi connectivity index (χ4v) is 5.57. The van der Waals surface area contributed by atoms with Crippen LogP contribution in [0.4, 0.5) is 5.69 Å². The Morgan fingerprint density at radius 1 is 0.949 bits per heavy atom. The van der Waals surface area contributed by atoms with E-state index < -0.39 is 28.5 Å². The minimum Gasteiger partial charge on any atom is -0.354 e. The number of benzene rings is 3. The third-order valence-corrected chi connectivity index (χ3v) is 8.69. The van der Waals surface area contributed by atoms with Crippen molar-refractivity contribution in [2.45, 2.75) is 58.0 Å². The molecule has 0 saturated heterocycles.